The van der Waals surface area contributed by atoms with Gasteiger partial charge in [0.2, 0.25) is 5.91 Å². The molecule has 0 aliphatic carbocycles. The number of aryl methyl sites for hydroxylation is 2. The summed E-state index contributed by atoms with van der Waals surface area (Å²) in [5, 5.41) is 7.27. The van der Waals surface area contributed by atoms with Crippen LogP contribution in [0.15, 0.2) is 18.2 Å². The molecule has 154 valence electrons. The van der Waals surface area contributed by atoms with Gasteiger partial charge in [-0.3, -0.25) is 4.79 Å². The molecule has 0 bridgehead atoms. The highest BCUT2D eigenvalue weighted by Gasteiger charge is 2.16. The van der Waals surface area contributed by atoms with Crippen molar-refractivity contribution in [3.63, 3.8) is 0 Å². The minimum atomic E-state index is -0.0863. The van der Waals surface area contributed by atoms with E-state index in [4.69, 9.17) is 15.2 Å². The number of nitrogens with two attached hydrogens (primary N) is 1. The van der Waals surface area contributed by atoms with E-state index in [1.807, 2.05) is 13.8 Å². The van der Waals surface area contributed by atoms with Crippen LogP contribution in [0.4, 0.5) is 5.69 Å². The standard InChI is InChI=1S/C19H22N6O3.ClH/c1-11-14(12(2)25-19(21-11)23-17(10-20)24-25)4-6-18(26)22-13-3-5-15-16(9-13)28-8-7-27-15;/h3,5,9H,4,6-8,10,20H2,1-2H3,(H,22,26);1H. The average Bonchev–Trinajstić information content (AvgIpc) is 3.11. The summed E-state index contributed by atoms with van der Waals surface area (Å²) in [5.41, 5.74) is 9.04. The largest absolute Gasteiger partial charge is 0.486 e. The maximum Gasteiger partial charge on any atom is 0.252 e. The number of halogens is 1. The molecule has 0 spiro atoms. The molecule has 2 aromatic heterocycles. The molecule has 3 N–H and O–H groups in total. The molecule has 0 saturated carbocycles. The topological polar surface area (TPSA) is 117 Å². The van der Waals surface area contributed by atoms with Gasteiger partial charge < -0.3 is 20.5 Å². The van der Waals surface area contributed by atoms with Gasteiger partial charge in [-0.05, 0) is 38.0 Å². The number of carbonyl (C=O) groups excluding carboxylic acids is 1. The Kier molecular flexibility index (Phi) is 6.19. The van der Waals surface area contributed by atoms with Crippen LogP contribution in [0.5, 0.6) is 11.5 Å². The van der Waals surface area contributed by atoms with E-state index in [0.717, 1.165) is 17.0 Å². The first-order valence-corrected chi connectivity index (χ1v) is 9.16. The molecule has 0 atom stereocenters. The summed E-state index contributed by atoms with van der Waals surface area (Å²) in [6.45, 7) is 5.17. The number of fused-ring (bicyclic) bond motifs is 2. The third kappa shape index (κ3) is 4.25. The molecule has 0 saturated heterocycles. The summed E-state index contributed by atoms with van der Waals surface area (Å²) < 4.78 is 12.7. The first-order chi connectivity index (χ1) is 13.5. The van der Waals surface area contributed by atoms with Crippen LogP contribution in [0.25, 0.3) is 5.78 Å². The number of anilines is 1. The fourth-order valence-electron chi connectivity index (χ4n) is 3.28. The monoisotopic (exact) mass is 418 g/mol. The van der Waals surface area contributed by atoms with Gasteiger partial charge in [0.25, 0.3) is 5.78 Å². The number of amides is 1. The lowest BCUT2D eigenvalue weighted by atomic mass is 10.1. The number of ether oxygens (including phenoxy) is 2. The van der Waals surface area contributed by atoms with Gasteiger partial charge in [0, 0.05) is 29.6 Å². The van der Waals surface area contributed by atoms with Crippen molar-refractivity contribution in [2.24, 2.45) is 5.73 Å². The van der Waals surface area contributed by atoms with Crippen LogP contribution in [-0.4, -0.2) is 38.7 Å². The number of hydrogen-bond acceptors (Lipinski definition) is 7. The molecular weight excluding hydrogens is 396 g/mol. The fourth-order valence-corrected chi connectivity index (χ4v) is 3.28. The minimum absolute atomic E-state index is 0. The molecule has 0 radical (unpaired) electrons. The number of benzene rings is 1. The number of hydrogen-bond donors (Lipinski definition) is 2. The molecule has 3 heterocycles. The molecule has 3 aromatic rings. The van der Waals surface area contributed by atoms with Gasteiger partial charge in [-0.15, -0.1) is 17.5 Å². The van der Waals surface area contributed by atoms with Crippen molar-refractivity contribution < 1.29 is 14.3 Å². The van der Waals surface area contributed by atoms with Crippen molar-refractivity contribution in [3.05, 3.63) is 41.0 Å². The molecule has 1 aromatic carbocycles. The van der Waals surface area contributed by atoms with Crippen LogP contribution < -0.4 is 20.5 Å². The zero-order chi connectivity index (χ0) is 19.7. The predicted octanol–water partition coefficient (Wildman–Crippen LogP) is 1.96. The zero-order valence-corrected chi connectivity index (χ0v) is 17.1. The second kappa shape index (κ2) is 8.62. The van der Waals surface area contributed by atoms with E-state index < -0.39 is 0 Å². The molecule has 9 nitrogen and oxygen atoms in total. The SMILES string of the molecule is Cc1nc2nc(CN)nn2c(C)c1CCC(=O)Nc1ccc2c(c1)OCCO2.Cl. The van der Waals surface area contributed by atoms with Crippen LogP contribution in [0, 0.1) is 13.8 Å². The van der Waals surface area contributed by atoms with Gasteiger partial charge in [0.05, 0.1) is 6.54 Å². The summed E-state index contributed by atoms with van der Waals surface area (Å²) in [5.74, 6) is 2.33. The van der Waals surface area contributed by atoms with Gasteiger partial charge in [0.1, 0.15) is 13.2 Å². The molecular formula is C19H23ClN6O3. The van der Waals surface area contributed by atoms with Crippen molar-refractivity contribution in [2.75, 3.05) is 18.5 Å². The molecule has 4 rings (SSSR count). The van der Waals surface area contributed by atoms with Gasteiger partial charge in [-0.2, -0.15) is 4.98 Å². The smallest absolute Gasteiger partial charge is 0.252 e. The maximum atomic E-state index is 12.4. The molecule has 1 amide bonds. The Morgan fingerprint density at radius 1 is 1.21 bits per heavy atom. The van der Waals surface area contributed by atoms with Crippen molar-refractivity contribution in [2.45, 2.75) is 33.2 Å². The molecule has 10 heteroatoms. The van der Waals surface area contributed by atoms with Gasteiger partial charge in [0.15, 0.2) is 17.3 Å². The summed E-state index contributed by atoms with van der Waals surface area (Å²) >= 11 is 0. The van der Waals surface area contributed by atoms with Crippen LogP contribution in [0.3, 0.4) is 0 Å². The highest BCUT2D eigenvalue weighted by Crippen LogP contribution is 2.32. The maximum absolute atomic E-state index is 12.4. The predicted molar refractivity (Wildman–Crippen MR) is 110 cm³/mol. The van der Waals surface area contributed by atoms with Gasteiger partial charge in [-0.25, -0.2) is 9.50 Å². The number of aromatic nitrogens is 4. The molecule has 0 fully saturated rings. The molecule has 1 aliphatic heterocycles. The van der Waals surface area contributed by atoms with E-state index in [9.17, 15) is 4.79 Å². The highest BCUT2D eigenvalue weighted by molar-refractivity contribution is 5.91. The van der Waals surface area contributed by atoms with Crippen molar-refractivity contribution in [1.82, 2.24) is 19.6 Å². The van der Waals surface area contributed by atoms with Gasteiger partial charge in [-0.1, -0.05) is 0 Å². The molecule has 0 unspecified atom stereocenters. The van der Waals surface area contributed by atoms with E-state index in [1.165, 1.54) is 0 Å². The summed E-state index contributed by atoms with van der Waals surface area (Å²) in [6, 6.07) is 5.38. The first kappa shape index (κ1) is 20.8. The Hall–Kier alpha value is -2.91. The number of nitrogens with zero attached hydrogens (tertiary/aromatic N) is 4. The first-order valence-electron chi connectivity index (χ1n) is 9.16. The van der Waals surface area contributed by atoms with E-state index in [1.54, 1.807) is 22.7 Å². The van der Waals surface area contributed by atoms with Crippen LogP contribution in [-0.2, 0) is 17.8 Å². The normalized spacial score (nSPS) is 12.5. The second-order valence-electron chi connectivity index (χ2n) is 6.61. The lowest BCUT2D eigenvalue weighted by molar-refractivity contribution is -0.116. The Labute approximate surface area is 174 Å². The zero-order valence-electron chi connectivity index (χ0n) is 16.3. The Balaban J connectivity index is 0.00000240. The number of rotatable bonds is 5. The summed E-state index contributed by atoms with van der Waals surface area (Å²) in [7, 11) is 0. The second-order valence-corrected chi connectivity index (χ2v) is 6.61. The Morgan fingerprint density at radius 2 is 1.97 bits per heavy atom. The number of nitrogens with one attached hydrogen (secondary N) is 1. The van der Waals surface area contributed by atoms with Gasteiger partial charge >= 0.3 is 0 Å². The lowest BCUT2D eigenvalue weighted by Crippen LogP contribution is -2.17. The van der Waals surface area contributed by atoms with E-state index >= 15 is 0 Å². The van der Waals surface area contributed by atoms with Crippen molar-refractivity contribution in [3.8, 4) is 11.5 Å². The quantitative estimate of drug-likeness (QED) is 0.650. The highest BCUT2D eigenvalue weighted by atomic mass is 35.5. The lowest BCUT2D eigenvalue weighted by Gasteiger charge is -2.19. The van der Waals surface area contributed by atoms with Crippen LogP contribution in [0.1, 0.15) is 29.2 Å². The van der Waals surface area contributed by atoms with Crippen LogP contribution in [0.2, 0.25) is 0 Å². The third-order valence-electron chi connectivity index (χ3n) is 4.70. The van der Waals surface area contributed by atoms with Crippen molar-refractivity contribution in [1.29, 1.82) is 0 Å². The average molecular weight is 419 g/mol. The molecule has 29 heavy (non-hydrogen) atoms. The van der Waals surface area contributed by atoms with E-state index in [0.29, 0.717) is 54.8 Å². The van der Waals surface area contributed by atoms with E-state index in [-0.39, 0.29) is 24.9 Å². The van der Waals surface area contributed by atoms with Crippen LogP contribution >= 0.6 is 12.4 Å². The van der Waals surface area contributed by atoms with E-state index in [2.05, 4.69) is 20.4 Å². The van der Waals surface area contributed by atoms with Crippen molar-refractivity contribution >= 4 is 29.8 Å². The fraction of sp³-hybridized carbons (Fsp3) is 0.368. The Bertz CT molecular complexity index is 1050. The molecule has 1 aliphatic rings. The summed E-state index contributed by atoms with van der Waals surface area (Å²) in [4.78, 5) is 21.2. The summed E-state index contributed by atoms with van der Waals surface area (Å²) in [6.07, 6.45) is 0.872. The Morgan fingerprint density at radius 3 is 2.72 bits per heavy atom. The third-order valence-corrected chi connectivity index (χ3v) is 4.70. The minimum Gasteiger partial charge on any atom is -0.486 e. The number of carbonyl (C=O) groups is 1.